The molecule has 0 fully saturated rings. The number of para-hydroxylation sites is 1. The zero-order chi connectivity index (χ0) is 25.2. The van der Waals surface area contributed by atoms with Crippen molar-refractivity contribution in [2.24, 2.45) is 0 Å². The Morgan fingerprint density at radius 3 is 2.47 bits per heavy atom. The summed E-state index contributed by atoms with van der Waals surface area (Å²) in [5, 5.41) is 8.59. The van der Waals surface area contributed by atoms with Gasteiger partial charge in [0.15, 0.2) is 5.16 Å². The first kappa shape index (κ1) is 23.6. The van der Waals surface area contributed by atoms with E-state index in [2.05, 4.69) is 15.3 Å². The number of carbonyl (C=O) groups excluding carboxylic acids is 1. The van der Waals surface area contributed by atoms with Crippen molar-refractivity contribution < 1.29 is 9.53 Å². The topological polar surface area (TPSA) is 102 Å². The fraction of sp³-hybridized carbons (Fsp3) is 0.185. The van der Waals surface area contributed by atoms with E-state index in [4.69, 9.17) is 9.84 Å². The van der Waals surface area contributed by atoms with Gasteiger partial charge in [0.1, 0.15) is 5.82 Å². The molecule has 8 nitrogen and oxygen atoms in total. The smallest absolute Gasteiger partial charge is 0.336 e. The van der Waals surface area contributed by atoms with Gasteiger partial charge in [0.25, 0.3) is 5.56 Å². The Morgan fingerprint density at radius 1 is 1.11 bits per heavy atom. The van der Waals surface area contributed by atoms with E-state index in [-0.39, 0.29) is 5.56 Å². The molecule has 0 spiro atoms. The summed E-state index contributed by atoms with van der Waals surface area (Å²) in [5.41, 5.74) is 4.06. The number of methoxy groups -OCH3 is 1. The van der Waals surface area contributed by atoms with E-state index in [1.165, 1.54) is 18.9 Å². The van der Waals surface area contributed by atoms with Gasteiger partial charge in [-0.3, -0.25) is 4.79 Å². The van der Waals surface area contributed by atoms with Crippen molar-refractivity contribution in [3.63, 3.8) is 0 Å². The molecule has 0 radical (unpaired) electrons. The molecular formula is C27H25N5O3S. The number of hydrogen-bond donors (Lipinski definition) is 2. The highest BCUT2D eigenvalue weighted by molar-refractivity contribution is 7.99. The van der Waals surface area contributed by atoms with Gasteiger partial charge < -0.3 is 15.0 Å². The van der Waals surface area contributed by atoms with Crippen molar-refractivity contribution in [3.8, 4) is 16.9 Å². The summed E-state index contributed by atoms with van der Waals surface area (Å²) < 4.78 is 6.94. The highest BCUT2D eigenvalue weighted by Crippen LogP contribution is 2.43. The van der Waals surface area contributed by atoms with E-state index in [1.54, 1.807) is 11.6 Å². The number of thioether (sulfide) groups is 1. The van der Waals surface area contributed by atoms with Gasteiger partial charge in [-0.2, -0.15) is 5.10 Å². The van der Waals surface area contributed by atoms with Crippen LogP contribution in [0.4, 0.5) is 5.82 Å². The number of nitrogens with zero attached hydrogens (tertiary/aromatic N) is 3. The van der Waals surface area contributed by atoms with Crippen LogP contribution in [-0.4, -0.2) is 38.6 Å². The molecule has 3 heterocycles. The Hall–Kier alpha value is -4.11. The van der Waals surface area contributed by atoms with Gasteiger partial charge in [-0.25, -0.2) is 14.5 Å². The Labute approximate surface area is 212 Å². The number of aromatic amines is 1. The molecule has 1 unspecified atom stereocenters. The summed E-state index contributed by atoms with van der Waals surface area (Å²) in [4.78, 5) is 34.1. The molecule has 0 amide bonds. The summed E-state index contributed by atoms with van der Waals surface area (Å²) >= 11 is 1.44. The van der Waals surface area contributed by atoms with E-state index >= 15 is 0 Å². The standard InChI is InChI=1S/C27H25N5O3S/c1-4-36-27-29-24-22(25(33)30-27)21(20(16(2)28-24)26(34)35-3)19-15-32(18-13-9-6-10-14-18)31-23(19)17-11-7-5-8-12-17/h5-15,21H,4H2,1-3H3,(H2,28,29,30,33). The summed E-state index contributed by atoms with van der Waals surface area (Å²) in [6.45, 7) is 3.78. The third kappa shape index (κ3) is 4.22. The molecule has 0 aliphatic carbocycles. The minimum atomic E-state index is -0.738. The highest BCUT2D eigenvalue weighted by Gasteiger charge is 2.38. The van der Waals surface area contributed by atoms with Crippen LogP contribution in [0, 0.1) is 0 Å². The minimum absolute atomic E-state index is 0.311. The number of nitrogens with one attached hydrogen (secondary N) is 2. The summed E-state index contributed by atoms with van der Waals surface area (Å²) in [6, 6.07) is 19.4. The molecule has 2 aromatic heterocycles. The average molecular weight is 500 g/mol. The summed E-state index contributed by atoms with van der Waals surface area (Å²) in [7, 11) is 1.34. The second-order valence-corrected chi connectivity index (χ2v) is 9.49. The Kier molecular flexibility index (Phi) is 6.47. The van der Waals surface area contributed by atoms with Gasteiger partial charge in [-0.15, -0.1) is 0 Å². The maximum Gasteiger partial charge on any atom is 0.336 e. The lowest BCUT2D eigenvalue weighted by Gasteiger charge is -2.28. The molecule has 1 atom stereocenters. The number of aromatic nitrogens is 4. The molecule has 36 heavy (non-hydrogen) atoms. The number of carbonyl (C=O) groups is 1. The fourth-order valence-corrected chi connectivity index (χ4v) is 5.05. The molecule has 182 valence electrons. The number of fused-ring (bicyclic) bond motifs is 1. The normalized spacial score (nSPS) is 14.8. The predicted molar refractivity (Wildman–Crippen MR) is 140 cm³/mol. The second kappa shape index (κ2) is 9.87. The zero-order valence-electron chi connectivity index (χ0n) is 20.1. The average Bonchev–Trinajstić information content (AvgIpc) is 3.34. The Balaban J connectivity index is 1.81. The molecule has 0 saturated heterocycles. The van der Waals surface area contributed by atoms with Gasteiger partial charge in [0.05, 0.1) is 35.5 Å². The van der Waals surface area contributed by atoms with Crippen LogP contribution in [0.3, 0.4) is 0 Å². The van der Waals surface area contributed by atoms with Crippen LogP contribution >= 0.6 is 11.8 Å². The molecule has 0 saturated carbocycles. The maximum absolute atomic E-state index is 13.5. The molecule has 2 aromatic carbocycles. The third-order valence-corrected chi connectivity index (χ3v) is 6.78. The largest absolute Gasteiger partial charge is 0.466 e. The maximum atomic E-state index is 13.5. The quantitative estimate of drug-likeness (QED) is 0.224. The number of anilines is 1. The van der Waals surface area contributed by atoms with E-state index in [0.717, 1.165) is 17.0 Å². The minimum Gasteiger partial charge on any atom is -0.466 e. The van der Waals surface area contributed by atoms with Crippen LogP contribution < -0.4 is 10.9 Å². The van der Waals surface area contributed by atoms with Crippen molar-refractivity contribution in [1.82, 2.24) is 19.7 Å². The van der Waals surface area contributed by atoms with Crippen molar-refractivity contribution in [1.29, 1.82) is 0 Å². The lowest BCUT2D eigenvalue weighted by molar-refractivity contribution is -0.136. The van der Waals surface area contributed by atoms with Crippen LogP contribution in [0.25, 0.3) is 16.9 Å². The molecule has 1 aliphatic rings. The first-order valence-electron chi connectivity index (χ1n) is 11.5. The van der Waals surface area contributed by atoms with Crippen molar-refractivity contribution >= 4 is 23.5 Å². The number of ether oxygens (including phenoxy) is 1. The summed E-state index contributed by atoms with van der Waals surface area (Å²) in [6.07, 6.45) is 1.88. The van der Waals surface area contributed by atoms with Gasteiger partial charge in [-0.1, -0.05) is 67.2 Å². The predicted octanol–water partition coefficient (Wildman–Crippen LogP) is 4.74. The fourth-order valence-electron chi connectivity index (χ4n) is 4.46. The van der Waals surface area contributed by atoms with E-state index in [0.29, 0.717) is 39.1 Å². The first-order chi connectivity index (χ1) is 17.5. The second-order valence-electron chi connectivity index (χ2n) is 8.23. The molecule has 9 heteroatoms. The number of hydrogen-bond acceptors (Lipinski definition) is 7. The van der Waals surface area contributed by atoms with Gasteiger partial charge in [-0.05, 0) is 24.8 Å². The van der Waals surface area contributed by atoms with E-state index in [1.807, 2.05) is 73.8 Å². The highest BCUT2D eigenvalue weighted by atomic mass is 32.2. The number of allylic oxidation sites excluding steroid dienone is 1. The van der Waals surface area contributed by atoms with Crippen molar-refractivity contribution in [2.75, 3.05) is 18.2 Å². The Bertz CT molecular complexity index is 1510. The molecule has 0 bridgehead atoms. The molecule has 5 rings (SSSR count). The third-order valence-electron chi connectivity index (χ3n) is 6.03. The summed E-state index contributed by atoms with van der Waals surface area (Å²) in [5.74, 6) is -0.0711. The molecular weight excluding hydrogens is 474 g/mol. The monoisotopic (exact) mass is 499 g/mol. The Morgan fingerprint density at radius 2 is 1.81 bits per heavy atom. The van der Waals surface area contributed by atoms with E-state index in [9.17, 15) is 9.59 Å². The lowest BCUT2D eigenvalue weighted by Crippen LogP contribution is -2.31. The number of rotatable bonds is 6. The number of esters is 1. The zero-order valence-corrected chi connectivity index (χ0v) is 20.9. The van der Waals surface area contributed by atoms with Gasteiger partial charge in [0.2, 0.25) is 0 Å². The molecule has 2 N–H and O–H groups in total. The van der Waals surface area contributed by atoms with Crippen LogP contribution in [0.1, 0.15) is 30.9 Å². The van der Waals surface area contributed by atoms with Gasteiger partial charge >= 0.3 is 5.97 Å². The number of benzene rings is 2. The SMILES string of the molecule is CCSc1nc2c(c(=O)[nH]1)C(c1cn(-c3ccccc3)nc1-c1ccccc1)C(C(=O)OC)=C(C)N2. The van der Waals surface area contributed by atoms with E-state index < -0.39 is 11.9 Å². The van der Waals surface area contributed by atoms with Crippen LogP contribution in [-0.2, 0) is 9.53 Å². The number of H-pyrrole nitrogens is 1. The van der Waals surface area contributed by atoms with Gasteiger partial charge in [0, 0.05) is 23.0 Å². The van der Waals surface area contributed by atoms with Crippen LogP contribution in [0.2, 0.25) is 0 Å². The lowest BCUT2D eigenvalue weighted by atomic mass is 9.81. The molecule has 4 aromatic rings. The van der Waals surface area contributed by atoms with Crippen molar-refractivity contribution in [3.05, 3.63) is 99.6 Å². The van der Waals surface area contributed by atoms with Crippen LogP contribution in [0.15, 0.2) is 88.1 Å². The molecule has 1 aliphatic heterocycles. The van der Waals surface area contributed by atoms with Crippen LogP contribution in [0.5, 0.6) is 0 Å². The van der Waals surface area contributed by atoms with Crippen molar-refractivity contribution in [2.45, 2.75) is 24.9 Å². The first-order valence-corrected chi connectivity index (χ1v) is 12.5.